The molecule has 1 nitrogen and oxygen atoms in total. The van der Waals surface area contributed by atoms with E-state index in [1.54, 1.807) is 0 Å². The van der Waals surface area contributed by atoms with Gasteiger partial charge >= 0.3 is 0 Å². The van der Waals surface area contributed by atoms with E-state index in [0.29, 0.717) is 0 Å². The summed E-state index contributed by atoms with van der Waals surface area (Å²) in [5, 5.41) is 0. The Balaban J connectivity index is 2.20. The van der Waals surface area contributed by atoms with E-state index in [9.17, 15) is 0 Å². The van der Waals surface area contributed by atoms with E-state index in [1.807, 2.05) is 18.3 Å². The highest BCUT2D eigenvalue weighted by atomic mass is 14.7. The van der Waals surface area contributed by atoms with Crippen molar-refractivity contribution in [2.45, 2.75) is 32.6 Å². The molecule has 0 saturated heterocycles. The minimum Gasteiger partial charge on any atom is -0.261 e. The molecule has 0 aliphatic rings. The van der Waals surface area contributed by atoms with Gasteiger partial charge in [-0.15, -0.1) is 11.8 Å². The maximum absolute atomic E-state index is 4.25. The van der Waals surface area contributed by atoms with Crippen molar-refractivity contribution in [1.29, 1.82) is 0 Å². The molecule has 0 radical (unpaired) electrons. The van der Waals surface area contributed by atoms with Crippen molar-refractivity contribution in [2.75, 3.05) is 0 Å². The van der Waals surface area contributed by atoms with E-state index >= 15 is 0 Å². The number of hydrogen-bond donors (Lipinski definition) is 0. The average molecular weight is 173 g/mol. The molecule has 0 fully saturated rings. The Morgan fingerprint density at radius 2 is 2.23 bits per heavy atom. The average Bonchev–Trinajstić information content (AvgIpc) is 2.19. The topological polar surface area (TPSA) is 12.9 Å². The molecule has 1 rings (SSSR count). The van der Waals surface area contributed by atoms with Crippen molar-refractivity contribution in [3.05, 3.63) is 30.1 Å². The standard InChI is InChI=1S/C12H15N/c1-2-3-4-5-6-9-12-10-7-8-11-13-12/h7-8,10-11H,2,5-6,9H2,1H3. The highest BCUT2D eigenvalue weighted by Crippen LogP contribution is 1.99. The van der Waals surface area contributed by atoms with Crippen LogP contribution in [0.2, 0.25) is 0 Å². The second-order valence-corrected chi connectivity index (χ2v) is 2.88. The predicted molar refractivity (Wildman–Crippen MR) is 55.2 cm³/mol. The molecule has 1 aromatic heterocycles. The molecule has 0 unspecified atom stereocenters. The van der Waals surface area contributed by atoms with Gasteiger partial charge in [0.05, 0.1) is 0 Å². The highest BCUT2D eigenvalue weighted by Gasteiger charge is 1.90. The van der Waals surface area contributed by atoms with Gasteiger partial charge < -0.3 is 0 Å². The van der Waals surface area contributed by atoms with Crippen LogP contribution in [0.4, 0.5) is 0 Å². The van der Waals surface area contributed by atoms with Gasteiger partial charge in [-0.2, -0.15) is 0 Å². The molecule has 0 amide bonds. The minimum atomic E-state index is 0.962. The smallest absolute Gasteiger partial charge is 0.0403 e. The Morgan fingerprint density at radius 3 is 2.92 bits per heavy atom. The van der Waals surface area contributed by atoms with Gasteiger partial charge in [0, 0.05) is 24.7 Å². The minimum absolute atomic E-state index is 0.962. The second kappa shape index (κ2) is 6.25. The maximum atomic E-state index is 4.25. The molecule has 1 aromatic rings. The van der Waals surface area contributed by atoms with Crippen LogP contribution in [0.25, 0.3) is 0 Å². The predicted octanol–water partition coefficient (Wildman–Crippen LogP) is 2.82. The van der Waals surface area contributed by atoms with E-state index in [-0.39, 0.29) is 0 Å². The molecule has 68 valence electrons. The molecule has 0 aliphatic carbocycles. The monoisotopic (exact) mass is 173 g/mol. The molecule has 0 spiro atoms. The summed E-state index contributed by atoms with van der Waals surface area (Å²) < 4.78 is 0. The summed E-state index contributed by atoms with van der Waals surface area (Å²) in [6, 6.07) is 6.04. The van der Waals surface area contributed by atoms with E-state index in [4.69, 9.17) is 0 Å². The van der Waals surface area contributed by atoms with Crippen molar-refractivity contribution in [2.24, 2.45) is 0 Å². The number of aryl methyl sites for hydroxylation is 1. The third kappa shape index (κ3) is 4.32. The van der Waals surface area contributed by atoms with Crippen LogP contribution in [-0.4, -0.2) is 4.98 Å². The summed E-state index contributed by atoms with van der Waals surface area (Å²) in [4.78, 5) is 4.25. The van der Waals surface area contributed by atoms with Crippen molar-refractivity contribution < 1.29 is 0 Å². The molecule has 0 saturated carbocycles. The quantitative estimate of drug-likeness (QED) is 0.506. The van der Waals surface area contributed by atoms with Crippen molar-refractivity contribution in [1.82, 2.24) is 4.98 Å². The Morgan fingerprint density at radius 1 is 1.31 bits per heavy atom. The SMILES string of the molecule is CCC#CCCCc1ccccn1. The number of pyridine rings is 1. The molecule has 0 bridgehead atoms. The fourth-order valence-electron chi connectivity index (χ4n) is 1.12. The van der Waals surface area contributed by atoms with Crippen LogP contribution < -0.4 is 0 Å². The van der Waals surface area contributed by atoms with Crippen molar-refractivity contribution in [3.63, 3.8) is 0 Å². The number of rotatable bonds is 3. The first-order valence-corrected chi connectivity index (χ1v) is 4.79. The zero-order valence-electron chi connectivity index (χ0n) is 8.09. The first kappa shape index (κ1) is 9.80. The lowest BCUT2D eigenvalue weighted by Gasteiger charge is -1.95. The summed E-state index contributed by atoms with van der Waals surface area (Å²) >= 11 is 0. The van der Waals surface area contributed by atoms with Gasteiger partial charge in [-0.3, -0.25) is 4.98 Å². The maximum Gasteiger partial charge on any atom is 0.0403 e. The number of aromatic nitrogens is 1. The Kier molecular flexibility index (Phi) is 4.71. The summed E-state index contributed by atoms with van der Waals surface area (Å²) in [5.74, 6) is 6.19. The zero-order chi connectivity index (χ0) is 9.36. The molecule has 1 heterocycles. The van der Waals surface area contributed by atoms with Gasteiger partial charge in [-0.1, -0.05) is 13.0 Å². The lowest BCUT2D eigenvalue weighted by molar-refractivity contribution is 0.830. The van der Waals surface area contributed by atoms with Gasteiger partial charge in [0.1, 0.15) is 0 Å². The molecule has 0 N–H and O–H groups in total. The fraction of sp³-hybridized carbons (Fsp3) is 0.417. The summed E-state index contributed by atoms with van der Waals surface area (Å²) in [6.07, 6.45) is 5.95. The van der Waals surface area contributed by atoms with Gasteiger partial charge in [-0.25, -0.2) is 0 Å². The second-order valence-electron chi connectivity index (χ2n) is 2.88. The van der Waals surface area contributed by atoms with Crippen LogP contribution in [0.1, 0.15) is 31.9 Å². The van der Waals surface area contributed by atoms with Crippen LogP contribution >= 0.6 is 0 Å². The van der Waals surface area contributed by atoms with E-state index in [1.165, 1.54) is 5.69 Å². The normalized spacial score (nSPS) is 9.00. The molecule has 13 heavy (non-hydrogen) atoms. The van der Waals surface area contributed by atoms with E-state index in [0.717, 1.165) is 25.7 Å². The van der Waals surface area contributed by atoms with Crippen LogP contribution in [-0.2, 0) is 6.42 Å². The largest absolute Gasteiger partial charge is 0.261 e. The molecular formula is C12H15N. The Labute approximate surface area is 80.2 Å². The molecular weight excluding hydrogens is 158 g/mol. The first-order chi connectivity index (χ1) is 6.43. The molecule has 0 atom stereocenters. The van der Waals surface area contributed by atoms with Gasteiger partial charge in [0.2, 0.25) is 0 Å². The summed E-state index contributed by atoms with van der Waals surface area (Å²) in [5.41, 5.74) is 1.17. The fourth-order valence-corrected chi connectivity index (χ4v) is 1.12. The van der Waals surface area contributed by atoms with Gasteiger partial charge in [-0.05, 0) is 25.0 Å². The number of hydrogen-bond acceptors (Lipinski definition) is 1. The third-order valence-electron chi connectivity index (χ3n) is 1.76. The number of nitrogens with zero attached hydrogens (tertiary/aromatic N) is 1. The van der Waals surface area contributed by atoms with E-state index in [2.05, 4.69) is 29.8 Å². The summed E-state index contributed by atoms with van der Waals surface area (Å²) in [7, 11) is 0. The molecule has 1 heteroatoms. The van der Waals surface area contributed by atoms with Crippen LogP contribution in [0.15, 0.2) is 24.4 Å². The lowest BCUT2D eigenvalue weighted by Crippen LogP contribution is -1.87. The summed E-state index contributed by atoms with van der Waals surface area (Å²) in [6.45, 7) is 2.08. The molecule has 0 aliphatic heterocycles. The van der Waals surface area contributed by atoms with Crippen LogP contribution in [0.3, 0.4) is 0 Å². The van der Waals surface area contributed by atoms with Crippen LogP contribution in [0.5, 0.6) is 0 Å². The van der Waals surface area contributed by atoms with Crippen molar-refractivity contribution in [3.8, 4) is 11.8 Å². The first-order valence-electron chi connectivity index (χ1n) is 4.79. The lowest BCUT2D eigenvalue weighted by atomic mass is 10.2. The third-order valence-corrected chi connectivity index (χ3v) is 1.76. The Bertz CT molecular complexity index is 279. The van der Waals surface area contributed by atoms with Gasteiger partial charge in [0.15, 0.2) is 0 Å². The van der Waals surface area contributed by atoms with E-state index < -0.39 is 0 Å². The van der Waals surface area contributed by atoms with Crippen LogP contribution in [0, 0.1) is 11.8 Å². The highest BCUT2D eigenvalue weighted by molar-refractivity contribution is 5.04. The number of unbranched alkanes of at least 4 members (excludes halogenated alkanes) is 1. The molecule has 0 aromatic carbocycles. The Hall–Kier alpha value is -1.29. The van der Waals surface area contributed by atoms with Gasteiger partial charge in [0.25, 0.3) is 0 Å². The zero-order valence-corrected chi connectivity index (χ0v) is 8.09. The van der Waals surface area contributed by atoms with Crippen molar-refractivity contribution >= 4 is 0 Å².